The Kier molecular flexibility index (Phi) is 5.66. The topological polar surface area (TPSA) is 109 Å². The fraction of sp³-hybridized carbons (Fsp3) is 0.308. The summed E-state index contributed by atoms with van der Waals surface area (Å²) >= 11 is 0. The quantitative estimate of drug-likeness (QED) is 0.685. The standard InChI is InChI=1S/C13H10F6N2O4/c14-12(15,16)6-1-5(2-7(3-6)13(17,18)19)11(25)21-8(10(20)24)4-9(22)23/h1-3,8H,4H2,(H2,20,24)(H,21,25)(H,22,23)/t8-/m0/s1. The molecule has 2 amide bonds. The minimum atomic E-state index is -5.17. The van der Waals surface area contributed by atoms with Gasteiger partial charge >= 0.3 is 18.3 Å². The third kappa shape index (κ3) is 5.65. The van der Waals surface area contributed by atoms with Gasteiger partial charge in [-0.05, 0) is 18.2 Å². The van der Waals surface area contributed by atoms with Crippen molar-refractivity contribution >= 4 is 17.8 Å². The molecule has 0 bridgehead atoms. The van der Waals surface area contributed by atoms with Gasteiger partial charge in [0.15, 0.2) is 0 Å². The number of halogens is 6. The van der Waals surface area contributed by atoms with Gasteiger partial charge in [-0.1, -0.05) is 0 Å². The summed E-state index contributed by atoms with van der Waals surface area (Å²) in [7, 11) is 0. The van der Waals surface area contributed by atoms with Crippen molar-refractivity contribution in [3.63, 3.8) is 0 Å². The van der Waals surface area contributed by atoms with Crippen molar-refractivity contribution < 1.29 is 45.8 Å². The number of nitrogens with two attached hydrogens (primary N) is 1. The van der Waals surface area contributed by atoms with Crippen LogP contribution in [0.25, 0.3) is 0 Å². The third-order valence-electron chi connectivity index (χ3n) is 2.88. The Bertz CT molecular complexity index is 666. The number of carbonyl (C=O) groups is 3. The minimum absolute atomic E-state index is 0.142. The Balaban J connectivity index is 3.28. The highest BCUT2D eigenvalue weighted by Gasteiger charge is 2.37. The van der Waals surface area contributed by atoms with Gasteiger partial charge in [0.1, 0.15) is 6.04 Å². The Labute approximate surface area is 135 Å². The van der Waals surface area contributed by atoms with Crippen LogP contribution >= 0.6 is 0 Å². The molecule has 0 aliphatic rings. The molecule has 4 N–H and O–H groups in total. The van der Waals surface area contributed by atoms with Crippen LogP contribution in [0, 0.1) is 0 Å². The zero-order chi connectivity index (χ0) is 19.6. The number of benzene rings is 1. The largest absolute Gasteiger partial charge is 0.481 e. The second kappa shape index (κ2) is 6.99. The number of hydrogen-bond donors (Lipinski definition) is 3. The first-order valence-electron chi connectivity index (χ1n) is 6.33. The number of amides is 2. The first-order chi connectivity index (χ1) is 11.2. The smallest absolute Gasteiger partial charge is 0.416 e. The second-order valence-corrected chi connectivity index (χ2v) is 4.82. The van der Waals surface area contributed by atoms with Crippen molar-refractivity contribution in [3.8, 4) is 0 Å². The summed E-state index contributed by atoms with van der Waals surface area (Å²) in [5.41, 5.74) is 0.306. The van der Waals surface area contributed by atoms with Crippen molar-refractivity contribution in [1.29, 1.82) is 0 Å². The van der Waals surface area contributed by atoms with E-state index in [4.69, 9.17) is 10.8 Å². The lowest BCUT2D eigenvalue weighted by molar-refractivity contribution is -0.143. The number of carboxylic acid groups (broad SMARTS) is 1. The molecule has 0 aliphatic heterocycles. The fourth-order valence-corrected chi connectivity index (χ4v) is 1.72. The normalized spacial score (nSPS) is 13.2. The molecule has 25 heavy (non-hydrogen) atoms. The van der Waals surface area contributed by atoms with Crippen molar-refractivity contribution in [2.45, 2.75) is 24.8 Å². The lowest BCUT2D eigenvalue weighted by Gasteiger charge is -2.16. The molecule has 0 saturated heterocycles. The number of nitrogens with one attached hydrogen (secondary N) is 1. The monoisotopic (exact) mass is 372 g/mol. The van der Waals surface area contributed by atoms with Crippen molar-refractivity contribution in [2.24, 2.45) is 5.73 Å². The molecule has 1 atom stereocenters. The second-order valence-electron chi connectivity index (χ2n) is 4.82. The highest BCUT2D eigenvalue weighted by Crippen LogP contribution is 2.36. The molecule has 0 fully saturated rings. The summed E-state index contributed by atoms with van der Waals surface area (Å²) in [6.45, 7) is 0. The van der Waals surface area contributed by atoms with E-state index in [1.54, 1.807) is 5.32 Å². The average Bonchev–Trinajstić information content (AvgIpc) is 2.43. The maximum atomic E-state index is 12.7. The van der Waals surface area contributed by atoms with E-state index >= 15 is 0 Å². The average molecular weight is 372 g/mol. The van der Waals surface area contributed by atoms with E-state index in [0.29, 0.717) is 0 Å². The lowest BCUT2D eigenvalue weighted by Crippen LogP contribution is -2.45. The molecular formula is C13H10F6N2O4. The van der Waals surface area contributed by atoms with E-state index in [1.165, 1.54) is 0 Å². The molecular weight excluding hydrogens is 362 g/mol. The molecule has 138 valence electrons. The van der Waals surface area contributed by atoms with Gasteiger partial charge in [0.25, 0.3) is 5.91 Å². The predicted octanol–water partition coefficient (Wildman–Crippen LogP) is 1.78. The molecule has 0 aliphatic carbocycles. The van der Waals surface area contributed by atoms with Gasteiger partial charge in [0, 0.05) is 5.56 Å². The molecule has 1 aromatic rings. The van der Waals surface area contributed by atoms with E-state index in [1.807, 2.05) is 0 Å². The molecule has 0 aromatic heterocycles. The summed E-state index contributed by atoms with van der Waals surface area (Å²) in [4.78, 5) is 33.4. The summed E-state index contributed by atoms with van der Waals surface area (Å²) in [5.74, 6) is -4.40. The van der Waals surface area contributed by atoms with Gasteiger partial charge in [-0.3, -0.25) is 14.4 Å². The maximum absolute atomic E-state index is 12.7. The molecule has 6 nitrogen and oxygen atoms in total. The van der Waals surface area contributed by atoms with Crippen molar-refractivity contribution in [3.05, 3.63) is 34.9 Å². The van der Waals surface area contributed by atoms with Crippen LogP contribution in [0.3, 0.4) is 0 Å². The van der Waals surface area contributed by atoms with Crippen LogP contribution < -0.4 is 11.1 Å². The molecule has 1 rings (SSSR count). The number of carbonyl (C=O) groups excluding carboxylic acids is 2. The summed E-state index contributed by atoms with van der Waals surface area (Å²) in [6, 6.07) is -1.71. The first-order valence-corrected chi connectivity index (χ1v) is 6.33. The molecule has 1 aromatic carbocycles. The Morgan fingerprint density at radius 1 is 1.00 bits per heavy atom. The number of aliphatic carboxylic acids is 1. The SMILES string of the molecule is NC(=O)[C@H](CC(=O)O)NC(=O)c1cc(C(F)(F)F)cc(C(F)(F)F)c1. The van der Waals surface area contributed by atoms with Gasteiger partial charge in [-0.15, -0.1) is 0 Å². The van der Waals surface area contributed by atoms with E-state index < -0.39 is 59.3 Å². The lowest BCUT2D eigenvalue weighted by atomic mass is 10.0. The molecule has 12 heteroatoms. The van der Waals surface area contributed by atoms with E-state index in [9.17, 15) is 40.7 Å². The Morgan fingerprint density at radius 2 is 1.44 bits per heavy atom. The van der Waals surface area contributed by atoms with Gasteiger partial charge < -0.3 is 16.2 Å². The van der Waals surface area contributed by atoms with Crippen LogP contribution in [-0.4, -0.2) is 28.9 Å². The molecule has 0 spiro atoms. The Morgan fingerprint density at radius 3 is 1.76 bits per heavy atom. The van der Waals surface area contributed by atoms with Crippen LogP contribution in [0.15, 0.2) is 18.2 Å². The summed E-state index contributed by atoms with van der Waals surface area (Å²) in [6.07, 6.45) is -11.3. The van der Waals surface area contributed by atoms with Gasteiger partial charge in [-0.25, -0.2) is 0 Å². The zero-order valence-electron chi connectivity index (χ0n) is 12.0. The van der Waals surface area contributed by atoms with Crippen LogP contribution in [0.1, 0.15) is 27.9 Å². The van der Waals surface area contributed by atoms with Gasteiger partial charge in [0.2, 0.25) is 5.91 Å². The molecule has 0 saturated carbocycles. The van der Waals surface area contributed by atoms with E-state index in [2.05, 4.69) is 0 Å². The number of carboxylic acids is 1. The maximum Gasteiger partial charge on any atom is 0.416 e. The molecule has 0 unspecified atom stereocenters. The first kappa shape index (κ1) is 20.3. The van der Waals surface area contributed by atoms with Crippen LogP contribution in [-0.2, 0) is 21.9 Å². The molecule has 0 heterocycles. The Hall–Kier alpha value is -2.79. The number of hydrogen-bond acceptors (Lipinski definition) is 3. The number of alkyl halides is 6. The summed E-state index contributed by atoms with van der Waals surface area (Å²) in [5, 5.41) is 10.3. The van der Waals surface area contributed by atoms with Gasteiger partial charge in [0.05, 0.1) is 17.5 Å². The summed E-state index contributed by atoms with van der Waals surface area (Å²) < 4.78 is 76.3. The van der Waals surface area contributed by atoms with Crippen LogP contribution in [0.2, 0.25) is 0 Å². The molecule has 0 radical (unpaired) electrons. The highest BCUT2D eigenvalue weighted by molar-refractivity contribution is 5.98. The minimum Gasteiger partial charge on any atom is -0.481 e. The number of primary amides is 1. The van der Waals surface area contributed by atoms with Crippen LogP contribution in [0.5, 0.6) is 0 Å². The van der Waals surface area contributed by atoms with E-state index in [0.717, 1.165) is 0 Å². The van der Waals surface area contributed by atoms with Gasteiger partial charge in [-0.2, -0.15) is 26.3 Å². The van der Waals surface area contributed by atoms with Crippen molar-refractivity contribution in [2.75, 3.05) is 0 Å². The fourth-order valence-electron chi connectivity index (χ4n) is 1.72. The van der Waals surface area contributed by atoms with Crippen molar-refractivity contribution in [1.82, 2.24) is 5.32 Å². The predicted molar refractivity (Wildman–Crippen MR) is 69.1 cm³/mol. The number of rotatable bonds is 5. The highest BCUT2D eigenvalue weighted by atomic mass is 19.4. The van der Waals surface area contributed by atoms with Crippen LogP contribution in [0.4, 0.5) is 26.3 Å². The third-order valence-corrected chi connectivity index (χ3v) is 2.88. The van der Waals surface area contributed by atoms with E-state index in [-0.39, 0.29) is 18.2 Å². The zero-order valence-corrected chi connectivity index (χ0v) is 12.0.